The van der Waals surface area contributed by atoms with Crippen LogP contribution in [0, 0.1) is 0 Å². The highest BCUT2D eigenvalue weighted by Crippen LogP contribution is 1.74. The molecule has 6 aromatic rings. The van der Waals surface area contributed by atoms with E-state index in [1.54, 1.807) is 80.6 Å². The van der Waals surface area contributed by atoms with Crippen LogP contribution in [0.2, 0.25) is 0 Å². The first-order valence-electron chi connectivity index (χ1n) is 8.95. The van der Waals surface area contributed by atoms with Gasteiger partial charge in [0.2, 0.25) is 6.39 Å². The number of rotatable bonds is 0. The number of nitrogens with zero attached hydrogens (tertiary/aromatic N) is 8. The minimum Gasteiger partial charge on any atom is -0.365 e. The van der Waals surface area contributed by atoms with Gasteiger partial charge in [0.15, 0.2) is 6.33 Å². The standard InChI is InChI=1S/C5H5N.C4H4N2.2C3H4N2.C3H3NO.C2H2N2O/c1-2-4-6-5-3-1;1-2-6-4-3-5-1;1-2-5-3-4-1;2*1-2-4-5-3-1;1-3-2-5-4-1/h1-5H;1-4H;2*1-3H,(H,4,5);1-3H;1-2H. The fourth-order valence-corrected chi connectivity index (χ4v) is 1.31. The molecular formula is C20H22N10O2. The van der Waals surface area contributed by atoms with E-state index >= 15 is 0 Å². The molecule has 0 saturated heterocycles. The van der Waals surface area contributed by atoms with Gasteiger partial charge >= 0.3 is 0 Å². The Balaban J connectivity index is 0.000000192. The highest BCUT2D eigenvalue weighted by atomic mass is 16.5. The highest BCUT2D eigenvalue weighted by Gasteiger charge is 1.62. The molecule has 0 radical (unpaired) electrons. The molecule has 0 aromatic carbocycles. The quantitative estimate of drug-likeness (QED) is 0.363. The summed E-state index contributed by atoms with van der Waals surface area (Å²) in [5.74, 6) is 0. The Labute approximate surface area is 183 Å². The summed E-state index contributed by atoms with van der Waals surface area (Å²) in [6.45, 7) is 0. The van der Waals surface area contributed by atoms with Gasteiger partial charge in [-0.15, -0.1) is 0 Å². The van der Waals surface area contributed by atoms with Gasteiger partial charge in [-0.2, -0.15) is 5.10 Å². The maximum absolute atomic E-state index is 4.33. The molecule has 0 atom stereocenters. The van der Waals surface area contributed by atoms with E-state index < -0.39 is 0 Å². The number of H-pyrrole nitrogens is 2. The third kappa shape index (κ3) is 19.8. The van der Waals surface area contributed by atoms with Gasteiger partial charge in [0, 0.05) is 62.0 Å². The van der Waals surface area contributed by atoms with E-state index in [9.17, 15) is 0 Å². The van der Waals surface area contributed by atoms with E-state index in [2.05, 4.69) is 59.5 Å². The fourth-order valence-electron chi connectivity index (χ4n) is 1.31. The lowest BCUT2D eigenvalue weighted by Gasteiger charge is -1.70. The molecule has 0 amide bonds. The molecule has 0 spiro atoms. The van der Waals surface area contributed by atoms with E-state index in [0.29, 0.717) is 0 Å². The van der Waals surface area contributed by atoms with Gasteiger partial charge in [-0.1, -0.05) is 16.4 Å². The number of aromatic amines is 2. The van der Waals surface area contributed by atoms with Gasteiger partial charge in [-0.25, -0.2) is 9.97 Å². The second kappa shape index (κ2) is 22.3. The molecule has 0 aliphatic rings. The summed E-state index contributed by atoms with van der Waals surface area (Å²) in [6.07, 6.45) is 24.3. The topological polar surface area (TPSA) is 161 Å². The Morgan fingerprint density at radius 1 is 0.531 bits per heavy atom. The average Bonchev–Trinajstić information content (AvgIpc) is 3.73. The molecule has 0 unspecified atom stereocenters. The number of hydrogen-bond acceptors (Lipinski definition) is 10. The van der Waals surface area contributed by atoms with Crippen molar-refractivity contribution in [3.8, 4) is 0 Å². The fraction of sp³-hybridized carbons (Fsp3) is 0. The number of aromatic nitrogens is 10. The zero-order valence-corrected chi connectivity index (χ0v) is 16.9. The summed E-state index contributed by atoms with van der Waals surface area (Å²) in [5, 5.41) is 12.8. The van der Waals surface area contributed by atoms with Crippen molar-refractivity contribution in [3.05, 3.63) is 124 Å². The van der Waals surface area contributed by atoms with Gasteiger partial charge in [0.25, 0.3) is 0 Å². The zero-order valence-electron chi connectivity index (χ0n) is 16.9. The Kier molecular flexibility index (Phi) is 17.4. The molecule has 0 saturated carbocycles. The van der Waals surface area contributed by atoms with Crippen molar-refractivity contribution in [2.45, 2.75) is 0 Å². The number of pyridine rings is 1. The Morgan fingerprint density at radius 2 is 1.31 bits per heavy atom. The highest BCUT2D eigenvalue weighted by molar-refractivity contribution is 4.88. The largest absolute Gasteiger partial charge is 0.365 e. The van der Waals surface area contributed by atoms with E-state index in [-0.39, 0.29) is 0 Å². The lowest BCUT2D eigenvalue weighted by Crippen LogP contribution is -1.66. The summed E-state index contributed by atoms with van der Waals surface area (Å²) in [6, 6.07) is 9.27. The molecule has 12 nitrogen and oxygen atoms in total. The molecule has 0 aliphatic carbocycles. The van der Waals surface area contributed by atoms with E-state index in [1.165, 1.54) is 19.0 Å². The maximum Gasteiger partial charge on any atom is 0.213 e. The number of nitrogens with one attached hydrogen (secondary N) is 2. The lowest BCUT2D eigenvalue weighted by molar-refractivity contribution is 0.416. The van der Waals surface area contributed by atoms with Crippen LogP contribution in [-0.4, -0.2) is 50.4 Å². The van der Waals surface area contributed by atoms with Gasteiger partial charge in [-0.05, 0) is 24.3 Å². The summed E-state index contributed by atoms with van der Waals surface area (Å²) in [7, 11) is 0. The minimum absolute atomic E-state index is 1.26. The van der Waals surface area contributed by atoms with Gasteiger partial charge in [-0.3, -0.25) is 20.1 Å². The molecule has 6 aromatic heterocycles. The van der Waals surface area contributed by atoms with E-state index in [4.69, 9.17) is 0 Å². The van der Waals surface area contributed by atoms with Crippen LogP contribution in [0.1, 0.15) is 0 Å². The minimum atomic E-state index is 1.26. The third-order valence-electron chi connectivity index (χ3n) is 2.49. The smallest absolute Gasteiger partial charge is 0.213 e. The number of imidazole rings is 1. The van der Waals surface area contributed by atoms with Crippen molar-refractivity contribution in [2.75, 3.05) is 0 Å². The maximum atomic E-state index is 4.33. The lowest BCUT2D eigenvalue weighted by atomic mass is 10.5. The molecule has 6 rings (SSSR count). The molecule has 2 N–H and O–H groups in total. The van der Waals surface area contributed by atoms with Crippen LogP contribution in [-0.2, 0) is 0 Å². The molecule has 12 heteroatoms. The normalized spacial score (nSPS) is 8.00. The first-order valence-corrected chi connectivity index (χ1v) is 8.95. The van der Waals surface area contributed by atoms with Gasteiger partial charge in [0.05, 0.1) is 12.5 Å². The van der Waals surface area contributed by atoms with Crippen LogP contribution in [0.5, 0.6) is 0 Å². The molecule has 0 bridgehead atoms. The van der Waals surface area contributed by atoms with Crippen LogP contribution >= 0.6 is 0 Å². The number of hydrogen-bond donors (Lipinski definition) is 2. The van der Waals surface area contributed by atoms with Crippen LogP contribution in [0.25, 0.3) is 0 Å². The molecular weight excluding hydrogens is 412 g/mol. The summed E-state index contributed by atoms with van der Waals surface area (Å²) in [4.78, 5) is 21.1. The van der Waals surface area contributed by atoms with Crippen LogP contribution in [0.3, 0.4) is 0 Å². The molecule has 0 aliphatic heterocycles. The molecule has 6 heterocycles. The van der Waals surface area contributed by atoms with Crippen molar-refractivity contribution in [2.24, 2.45) is 0 Å². The third-order valence-corrected chi connectivity index (χ3v) is 2.49. The van der Waals surface area contributed by atoms with Crippen molar-refractivity contribution >= 4 is 0 Å². The van der Waals surface area contributed by atoms with Gasteiger partial charge < -0.3 is 14.0 Å². The summed E-state index contributed by atoms with van der Waals surface area (Å²) in [5.41, 5.74) is 0. The predicted molar refractivity (Wildman–Crippen MR) is 114 cm³/mol. The second-order valence-corrected chi connectivity index (χ2v) is 4.72. The zero-order chi connectivity index (χ0) is 22.6. The van der Waals surface area contributed by atoms with Gasteiger partial charge in [0.1, 0.15) is 6.26 Å². The van der Waals surface area contributed by atoms with Crippen LogP contribution < -0.4 is 0 Å². The van der Waals surface area contributed by atoms with Crippen molar-refractivity contribution < 1.29 is 9.05 Å². The van der Waals surface area contributed by atoms with E-state index in [1.807, 2.05) is 24.3 Å². The Morgan fingerprint density at radius 3 is 1.50 bits per heavy atom. The Bertz CT molecular complexity index is 705. The molecule has 0 fully saturated rings. The second-order valence-electron chi connectivity index (χ2n) is 4.72. The SMILES string of the molecule is c1c[nH]cn1.c1ccncc1.c1cn[nH]c1.c1cnccn1.c1cnoc1.c1ncon1. The first-order chi connectivity index (χ1) is 16.0. The Hall–Kier alpha value is -5.00. The van der Waals surface area contributed by atoms with E-state index in [0.717, 1.165) is 0 Å². The van der Waals surface area contributed by atoms with Crippen molar-refractivity contribution in [1.29, 1.82) is 0 Å². The molecule has 164 valence electrons. The summed E-state index contributed by atoms with van der Waals surface area (Å²) < 4.78 is 8.56. The molecule has 32 heavy (non-hydrogen) atoms. The average molecular weight is 434 g/mol. The summed E-state index contributed by atoms with van der Waals surface area (Å²) >= 11 is 0. The predicted octanol–water partition coefficient (Wildman–Crippen LogP) is 3.12. The van der Waals surface area contributed by atoms with Crippen LogP contribution in [0.4, 0.5) is 0 Å². The van der Waals surface area contributed by atoms with Crippen molar-refractivity contribution in [1.82, 2.24) is 50.4 Å². The monoisotopic (exact) mass is 434 g/mol. The first kappa shape index (κ1) is 25.0. The van der Waals surface area contributed by atoms with Crippen LogP contribution in [0.15, 0.2) is 133 Å². The van der Waals surface area contributed by atoms with Crippen molar-refractivity contribution in [3.63, 3.8) is 0 Å².